The van der Waals surface area contributed by atoms with Gasteiger partial charge in [0.05, 0.1) is 58.1 Å². The molecule has 0 aliphatic rings. The molecule has 0 spiro atoms. The third-order valence-corrected chi connectivity index (χ3v) is 7.18. The van der Waals surface area contributed by atoms with Gasteiger partial charge in [-0.15, -0.1) is 12.6 Å². The summed E-state index contributed by atoms with van der Waals surface area (Å²) in [6.07, 6.45) is -15.2. The van der Waals surface area contributed by atoms with Gasteiger partial charge in [0.15, 0.2) is 11.5 Å². The first-order chi connectivity index (χ1) is 26.3. The van der Waals surface area contributed by atoms with E-state index < -0.39 is 98.6 Å². The fraction of sp³-hybridized carbons (Fsp3) is 0.273. The summed E-state index contributed by atoms with van der Waals surface area (Å²) in [6.45, 7) is 1.44. The van der Waals surface area contributed by atoms with E-state index in [1.54, 1.807) is 6.07 Å². The number of nitrogens with zero attached hydrogens (tertiary/aromatic N) is 1. The third-order valence-electron chi connectivity index (χ3n) is 6.36. The number of hydrogen-bond donors (Lipinski definition) is 8. The van der Waals surface area contributed by atoms with E-state index in [0.29, 0.717) is 29.8 Å². The maximum atomic E-state index is 12.5. The Bertz CT molecular complexity index is 1970. The number of carboxylic acid groups (broad SMARTS) is 4. The van der Waals surface area contributed by atoms with Crippen LogP contribution < -0.4 is 4.74 Å². The van der Waals surface area contributed by atoms with Crippen LogP contribution in [-0.4, -0.2) is 72.7 Å². The highest BCUT2D eigenvalue weighted by Gasteiger charge is 2.38. The molecule has 58 heavy (non-hydrogen) atoms. The molecule has 320 valence electrons. The fourth-order valence-electron chi connectivity index (χ4n) is 3.83. The highest BCUT2D eigenvalue weighted by Crippen LogP contribution is 2.38. The maximum Gasteiger partial charge on any atom is 0.416 e. The minimum absolute atomic E-state index is 0.00527. The van der Waals surface area contributed by atoms with Crippen LogP contribution in [0.5, 0.6) is 11.5 Å². The molecule has 0 fully saturated rings. The number of benzene rings is 3. The lowest BCUT2D eigenvalue weighted by atomic mass is 10.0. The van der Waals surface area contributed by atoms with Crippen LogP contribution in [0.3, 0.4) is 0 Å². The zero-order valence-electron chi connectivity index (χ0n) is 29.1. The van der Waals surface area contributed by atoms with Gasteiger partial charge in [-0.05, 0) is 60.5 Å². The molecule has 25 heteroatoms. The number of thiol groups is 2. The van der Waals surface area contributed by atoms with Crippen molar-refractivity contribution < 1.29 is 99.0 Å². The largest absolute Gasteiger partial charge is 0.504 e. The first kappa shape index (κ1) is 52.3. The summed E-state index contributed by atoms with van der Waals surface area (Å²) in [5.74, 6) is -4.82. The van der Waals surface area contributed by atoms with Crippen LogP contribution in [0.15, 0.2) is 59.5 Å². The van der Waals surface area contributed by atoms with Gasteiger partial charge in [-0.3, -0.25) is 24.5 Å². The third kappa shape index (κ3) is 18.5. The smallest absolute Gasteiger partial charge is 0.416 e. The first-order valence-corrected chi connectivity index (χ1v) is 16.0. The molecule has 3 aromatic rings. The van der Waals surface area contributed by atoms with Gasteiger partial charge in [0.25, 0.3) is 5.69 Å². The Morgan fingerprint density at radius 1 is 0.828 bits per heavy atom. The molecule has 14 nitrogen and oxygen atoms in total. The molecular weight excluding hydrogens is 853 g/mol. The van der Waals surface area contributed by atoms with Gasteiger partial charge in [-0.2, -0.15) is 52.1 Å². The predicted octanol–water partition coefficient (Wildman–Crippen LogP) is 7.62. The number of rotatable bonds is 10. The van der Waals surface area contributed by atoms with Crippen LogP contribution in [0.4, 0.5) is 45.2 Å². The molecule has 6 N–H and O–H groups in total. The Kier molecular flexibility index (Phi) is 20.1. The molecule has 0 radical (unpaired) electrons. The van der Waals surface area contributed by atoms with Crippen molar-refractivity contribution in [1.29, 1.82) is 0 Å². The van der Waals surface area contributed by atoms with E-state index in [4.69, 9.17) is 30.3 Å². The van der Waals surface area contributed by atoms with Crippen LogP contribution in [0.1, 0.15) is 52.0 Å². The molecule has 2 unspecified atom stereocenters. The zero-order chi connectivity index (χ0) is 45.5. The average molecular weight is 884 g/mol. The number of aliphatic carboxylic acids is 4. The molecule has 0 saturated heterocycles. The van der Waals surface area contributed by atoms with Gasteiger partial charge in [0, 0.05) is 6.07 Å². The Labute approximate surface area is 330 Å². The second kappa shape index (κ2) is 22.3. The van der Waals surface area contributed by atoms with Gasteiger partial charge < -0.3 is 35.4 Å². The molecular formula is C33H30F9NO13S2. The molecule has 2 atom stereocenters. The fourth-order valence-corrected chi connectivity index (χ4v) is 4.20. The van der Waals surface area contributed by atoms with Crippen molar-refractivity contribution >= 4 is 60.9 Å². The van der Waals surface area contributed by atoms with Crippen LogP contribution in [0.25, 0.3) is 6.08 Å². The normalized spacial score (nSPS) is 12.5. The summed E-state index contributed by atoms with van der Waals surface area (Å²) in [4.78, 5) is 50.6. The lowest BCUT2D eigenvalue weighted by Gasteiger charge is -2.14. The molecule has 0 aliphatic heterocycles. The number of methoxy groups -OCH3 is 1. The quantitative estimate of drug-likeness (QED) is 0.0322. The average Bonchev–Trinajstić information content (AvgIpc) is 3.07. The summed E-state index contributed by atoms with van der Waals surface area (Å²) < 4.78 is 116. The van der Waals surface area contributed by atoms with Crippen molar-refractivity contribution in [1.82, 2.24) is 0 Å². The van der Waals surface area contributed by atoms with Gasteiger partial charge in [-0.1, -0.05) is 12.1 Å². The number of phenolic OH excluding ortho intramolecular Hbond substituents is 1. The minimum atomic E-state index is -5.04. The second-order valence-corrected chi connectivity index (χ2v) is 11.9. The van der Waals surface area contributed by atoms with Gasteiger partial charge in [0.1, 0.15) is 5.25 Å². The van der Waals surface area contributed by atoms with Crippen LogP contribution in [-0.2, 0) is 44.1 Å². The molecule has 0 amide bonds. The zero-order valence-corrected chi connectivity index (χ0v) is 30.9. The number of alkyl halides is 9. The summed E-state index contributed by atoms with van der Waals surface area (Å²) in [5.41, 5.74) is -5.70. The number of nitro groups is 1. The van der Waals surface area contributed by atoms with Crippen LogP contribution in [0, 0.1) is 10.1 Å². The number of halogens is 9. The number of ether oxygens (including phenoxy) is 1. The SMILES string of the molecule is CC(O)CC(=O)O.COc1cc(C=C(S)C(=O)O)ccc1O.O=C(O)C(S)c1ccc(C(F)(F)F)cc1[N+](=O)[O-].O=C(O)Cc1ccc(C(F)(F)F)cc1C(F)(F)F. The van der Waals surface area contributed by atoms with Crippen molar-refractivity contribution in [2.45, 2.75) is 49.6 Å². The Hall–Kier alpha value is -5.69. The minimum Gasteiger partial charge on any atom is -0.504 e. The molecule has 0 aliphatic carbocycles. The van der Waals surface area contributed by atoms with E-state index >= 15 is 0 Å². The number of nitro benzene ring substituents is 1. The highest BCUT2D eigenvalue weighted by molar-refractivity contribution is 7.85. The number of aromatic hydroxyl groups is 1. The van der Waals surface area contributed by atoms with E-state index in [1.165, 1.54) is 32.2 Å². The molecule has 3 aromatic carbocycles. The summed E-state index contributed by atoms with van der Waals surface area (Å²) in [7, 11) is 1.42. The van der Waals surface area contributed by atoms with E-state index in [9.17, 15) is 73.9 Å². The number of aliphatic hydroxyl groups is 1. The topological polar surface area (TPSA) is 242 Å². The Morgan fingerprint density at radius 2 is 1.34 bits per heavy atom. The van der Waals surface area contributed by atoms with E-state index in [2.05, 4.69) is 25.3 Å². The van der Waals surface area contributed by atoms with Crippen molar-refractivity contribution in [3.63, 3.8) is 0 Å². The standard InChI is InChI=1S/C10H6F6O2.C10H10O4S.C9H6F3NO4S.C4H8O3/c11-9(12,13)6-2-1-5(3-8(17)18)7(4-6)10(14,15)16;1-14-8-4-6(2-3-7(8)11)5-9(15)10(12)13;10-9(11,12)4-1-2-5(7(18)8(14)15)6(3-4)13(16)17;1-3(5)2-4(6)7/h1-2,4H,3H2,(H,17,18);2-5,11,15H,1H3,(H,12,13);1-3,7,18H,(H,14,15);3,5H,2H2,1H3,(H,6,7). The van der Waals surface area contributed by atoms with Gasteiger partial charge >= 0.3 is 42.4 Å². The second-order valence-electron chi connectivity index (χ2n) is 10.9. The molecule has 0 aromatic heterocycles. The predicted molar refractivity (Wildman–Crippen MR) is 188 cm³/mol. The maximum absolute atomic E-state index is 12.5. The van der Waals surface area contributed by atoms with E-state index in [1.807, 2.05) is 0 Å². The Morgan fingerprint density at radius 3 is 1.72 bits per heavy atom. The molecule has 0 bridgehead atoms. The number of aliphatic hydroxyl groups excluding tert-OH is 1. The van der Waals surface area contributed by atoms with Crippen molar-refractivity contribution in [2.24, 2.45) is 0 Å². The molecule has 0 heterocycles. The summed E-state index contributed by atoms with van der Waals surface area (Å²) >= 11 is 7.38. The first-order valence-electron chi connectivity index (χ1n) is 15.0. The van der Waals surface area contributed by atoms with Gasteiger partial charge in [0.2, 0.25) is 0 Å². The van der Waals surface area contributed by atoms with E-state index in [0.717, 1.165) is 6.07 Å². The molecule has 0 saturated carbocycles. The van der Waals surface area contributed by atoms with Gasteiger partial charge in [-0.25, -0.2) is 4.79 Å². The van der Waals surface area contributed by atoms with Crippen LogP contribution in [0.2, 0.25) is 0 Å². The van der Waals surface area contributed by atoms with Crippen molar-refractivity contribution in [2.75, 3.05) is 7.11 Å². The number of phenols is 1. The molecule has 3 rings (SSSR count). The van der Waals surface area contributed by atoms with Crippen LogP contribution >= 0.6 is 25.3 Å². The highest BCUT2D eigenvalue weighted by atomic mass is 32.1. The number of carbonyl (C=O) groups is 4. The lowest BCUT2D eigenvalue weighted by Crippen LogP contribution is -2.15. The number of carboxylic acids is 4. The summed E-state index contributed by atoms with van der Waals surface area (Å²) in [6, 6.07) is 6.99. The van der Waals surface area contributed by atoms with Crippen molar-refractivity contribution in [3.8, 4) is 11.5 Å². The lowest BCUT2D eigenvalue weighted by molar-refractivity contribution is -0.385. The Balaban J connectivity index is 0.000000779. The number of hydrogen-bond acceptors (Lipinski definition) is 11. The monoisotopic (exact) mass is 883 g/mol. The van der Waals surface area contributed by atoms with Crippen molar-refractivity contribution in [3.05, 3.63) is 103 Å². The van der Waals surface area contributed by atoms with E-state index in [-0.39, 0.29) is 28.9 Å². The summed E-state index contributed by atoms with van der Waals surface area (Å²) in [5, 5.41) is 60.3.